The van der Waals surface area contributed by atoms with Crippen LogP contribution in [0.4, 0.5) is 4.79 Å². The van der Waals surface area contributed by atoms with Gasteiger partial charge in [-0.3, -0.25) is 9.78 Å². The number of carbonyl (C=O) groups is 2. The van der Waals surface area contributed by atoms with Gasteiger partial charge in [0.15, 0.2) is 0 Å². The van der Waals surface area contributed by atoms with E-state index in [4.69, 9.17) is 5.11 Å². The van der Waals surface area contributed by atoms with Crippen molar-refractivity contribution in [3.63, 3.8) is 0 Å². The van der Waals surface area contributed by atoms with E-state index >= 15 is 0 Å². The van der Waals surface area contributed by atoms with E-state index in [0.29, 0.717) is 31.1 Å². The van der Waals surface area contributed by atoms with E-state index < -0.39 is 6.09 Å². The number of hydrogen-bond donors (Lipinski definition) is 2. The van der Waals surface area contributed by atoms with Crippen LogP contribution < -0.4 is 5.32 Å². The monoisotopic (exact) mass is 291 g/mol. The minimum atomic E-state index is -0.861. The first kappa shape index (κ1) is 15.3. The van der Waals surface area contributed by atoms with Crippen LogP contribution in [0.3, 0.4) is 0 Å². The topological polar surface area (TPSA) is 82.5 Å². The van der Waals surface area contributed by atoms with E-state index in [9.17, 15) is 9.59 Å². The van der Waals surface area contributed by atoms with Crippen LogP contribution in [0.15, 0.2) is 12.1 Å². The van der Waals surface area contributed by atoms with Crippen LogP contribution in [-0.2, 0) is 0 Å². The van der Waals surface area contributed by atoms with Crippen LogP contribution >= 0.6 is 0 Å². The Labute approximate surface area is 124 Å². The largest absolute Gasteiger partial charge is 0.465 e. The summed E-state index contributed by atoms with van der Waals surface area (Å²) >= 11 is 0. The summed E-state index contributed by atoms with van der Waals surface area (Å²) in [5.74, 6) is 0.248. The first-order chi connectivity index (χ1) is 9.95. The van der Waals surface area contributed by atoms with Crippen LogP contribution in [-0.4, -0.2) is 46.6 Å². The van der Waals surface area contributed by atoms with Gasteiger partial charge < -0.3 is 15.3 Å². The lowest BCUT2D eigenvalue weighted by molar-refractivity contribution is 0.0928. The molecule has 1 aromatic rings. The average molecular weight is 291 g/mol. The molecular formula is C15H21N3O3. The lowest BCUT2D eigenvalue weighted by Gasteiger charge is -2.30. The number of nitrogens with one attached hydrogen (secondary N) is 1. The van der Waals surface area contributed by atoms with Crippen LogP contribution in [0.25, 0.3) is 0 Å². The third kappa shape index (κ3) is 4.18. The fraction of sp³-hybridized carbons (Fsp3) is 0.533. The number of piperidine rings is 1. The molecule has 1 fully saturated rings. The Morgan fingerprint density at radius 3 is 2.38 bits per heavy atom. The summed E-state index contributed by atoms with van der Waals surface area (Å²) in [6.07, 6.45) is 0.724. The van der Waals surface area contributed by atoms with E-state index in [-0.39, 0.29) is 5.91 Å². The van der Waals surface area contributed by atoms with Gasteiger partial charge >= 0.3 is 6.09 Å². The summed E-state index contributed by atoms with van der Waals surface area (Å²) in [6.45, 7) is 5.41. The standard InChI is InChI=1S/C15H21N3O3/c1-10-7-13(8-11(2)17-10)14(19)16-9-12-3-5-18(6-4-12)15(20)21/h7-8,12H,3-6,9H2,1-2H3,(H,16,19)(H,20,21). The molecule has 2 rings (SSSR count). The molecule has 0 bridgehead atoms. The second-order valence-electron chi connectivity index (χ2n) is 5.56. The molecule has 6 nitrogen and oxygen atoms in total. The second kappa shape index (κ2) is 6.56. The highest BCUT2D eigenvalue weighted by molar-refractivity contribution is 5.94. The fourth-order valence-corrected chi connectivity index (χ4v) is 2.63. The summed E-state index contributed by atoms with van der Waals surface area (Å²) in [5.41, 5.74) is 2.29. The van der Waals surface area contributed by atoms with Gasteiger partial charge in [0.1, 0.15) is 0 Å². The lowest BCUT2D eigenvalue weighted by atomic mass is 9.97. The van der Waals surface area contributed by atoms with Crippen molar-refractivity contribution in [3.8, 4) is 0 Å². The van der Waals surface area contributed by atoms with Crippen LogP contribution in [0.2, 0.25) is 0 Å². The highest BCUT2D eigenvalue weighted by Crippen LogP contribution is 2.16. The molecule has 0 atom stereocenters. The molecule has 21 heavy (non-hydrogen) atoms. The van der Waals surface area contributed by atoms with E-state index in [1.54, 1.807) is 12.1 Å². The zero-order valence-electron chi connectivity index (χ0n) is 12.4. The number of aromatic nitrogens is 1. The number of likely N-dealkylation sites (tertiary alicyclic amines) is 1. The van der Waals surface area contributed by atoms with Crippen LogP contribution in [0.5, 0.6) is 0 Å². The van der Waals surface area contributed by atoms with Crippen molar-refractivity contribution < 1.29 is 14.7 Å². The lowest BCUT2D eigenvalue weighted by Crippen LogP contribution is -2.40. The molecule has 0 saturated carbocycles. The minimum absolute atomic E-state index is 0.0933. The number of nitrogens with zero attached hydrogens (tertiary/aromatic N) is 2. The maximum Gasteiger partial charge on any atom is 0.407 e. The Morgan fingerprint density at radius 2 is 1.86 bits per heavy atom. The number of amides is 2. The van der Waals surface area contributed by atoms with Crippen LogP contribution in [0, 0.1) is 19.8 Å². The molecule has 2 N–H and O–H groups in total. The molecule has 0 unspecified atom stereocenters. The molecule has 2 heterocycles. The zero-order chi connectivity index (χ0) is 15.4. The van der Waals surface area contributed by atoms with Gasteiger partial charge in [0.2, 0.25) is 0 Å². The van der Waals surface area contributed by atoms with Crippen LogP contribution in [0.1, 0.15) is 34.6 Å². The Balaban J connectivity index is 1.83. The number of carbonyl (C=O) groups excluding carboxylic acids is 1. The van der Waals surface area contributed by atoms with Gasteiger partial charge in [0.25, 0.3) is 5.91 Å². The third-order valence-corrected chi connectivity index (χ3v) is 3.78. The van der Waals surface area contributed by atoms with Gasteiger partial charge in [-0.1, -0.05) is 0 Å². The fourth-order valence-electron chi connectivity index (χ4n) is 2.63. The highest BCUT2D eigenvalue weighted by Gasteiger charge is 2.22. The molecule has 1 aromatic heterocycles. The first-order valence-corrected chi connectivity index (χ1v) is 7.17. The summed E-state index contributed by atoms with van der Waals surface area (Å²) in [7, 11) is 0. The van der Waals surface area contributed by atoms with Gasteiger partial charge in [-0.15, -0.1) is 0 Å². The van der Waals surface area contributed by atoms with Crippen molar-refractivity contribution in [3.05, 3.63) is 29.1 Å². The Kier molecular flexibility index (Phi) is 4.77. The molecule has 1 aliphatic heterocycles. The summed E-state index contributed by atoms with van der Waals surface area (Å²) in [5, 5.41) is 11.8. The van der Waals surface area contributed by atoms with Crippen molar-refractivity contribution in [2.45, 2.75) is 26.7 Å². The van der Waals surface area contributed by atoms with Crippen molar-refractivity contribution in [2.24, 2.45) is 5.92 Å². The second-order valence-corrected chi connectivity index (χ2v) is 5.56. The predicted molar refractivity (Wildman–Crippen MR) is 78.4 cm³/mol. The van der Waals surface area contributed by atoms with E-state index in [1.165, 1.54) is 4.90 Å². The molecule has 6 heteroatoms. The zero-order valence-corrected chi connectivity index (χ0v) is 12.4. The Hall–Kier alpha value is -2.11. The molecule has 2 amide bonds. The van der Waals surface area contributed by atoms with E-state index in [0.717, 1.165) is 24.2 Å². The summed E-state index contributed by atoms with van der Waals surface area (Å²) in [6, 6.07) is 3.55. The van der Waals surface area contributed by atoms with Gasteiger partial charge in [-0.25, -0.2) is 4.79 Å². The first-order valence-electron chi connectivity index (χ1n) is 7.17. The van der Waals surface area contributed by atoms with Gasteiger partial charge in [0.05, 0.1) is 0 Å². The van der Waals surface area contributed by atoms with Crippen molar-refractivity contribution in [2.75, 3.05) is 19.6 Å². The Morgan fingerprint density at radius 1 is 1.29 bits per heavy atom. The SMILES string of the molecule is Cc1cc(C(=O)NCC2CCN(C(=O)O)CC2)cc(C)n1. The summed E-state index contributed by atoms with van der Waals surface area (Å²) in [4.78, 5) is 28.6. The maximum absolute atomic E-state index is 12.1. The molecule has 1 aliphatic rings. The van der Waals surface area contributed by atoms with E-state index in [2.05, 4.69) is 10.3 Å². The van der Waals surface area contributed by atoms with Gasteiger partial charge in [-0.05, 0) is 44.7 Å². The highest BCUT2D eigenvalue weighted by atomic mass is 16.4. The quantitative estimate of drug-likeness (QED) is 0.890. The maximum atomic E-state index is 12.1. The molecule has 114 valence electrons. The average Bonchev–Trinajstić information content (AvgIpc) is 2.44. The van der Waals surface area contributed by atoms with Crippen molar-refractivity contribution in [1.82, 2.24) is 15.2 Å². The normalized spacial score (nSPS) is 15.8. The summed E-state index contributed by atoms with van der Waals surface area (Å²) < 4.78 is 0. The number of pyridine rings is 1. The number of hydrogen-bond acceptors (Lipinski definition) is 3. The molecular weight excluding hydrogens is 270 g/mol. The number of rotatable bonds is 3. The number of carboxylic acid groups (broad SMARTS) is 1. The Bertz CT molecular complexity index is 517. The smallest absolute Gasteiger partial charge is 0.407 e. The predicted octanol–water partition coefficient (Wildman–Crippen LogP) is 1.82. The van der Waals surface area contributed by atoms with Crippen molar-refractivity contribution in [1.29, 1.82) is 0 Å². The van der Waals surface area contributed by atoms with E-state index in [1.807, 2.05) is 13.8 Å². The molecule has 0 radical (unpaired) electrons. The minimum Gasteiger partial charge on any atom is -0.465 e. The van der Waals surface area contributed by atoms with Crippen molar-refractivity contribution >= 4 is 12.0 Å². The number of aryl methyl sites for hydroxylation is 2. The molecule has 1 saturated heterocycles. The third-order valence-electron chi connectivity index (χ3n) is 3.78. The van der Waals surface area contributed by atoms with Gasteiger partial charge in [0, 0.05) is 36.6 Å². The molecule has 0 aliphatic carbocycles. The molecule has 0 aromatic carbocycles. The molecule has 0 spiro atoms. The van der Waals surface area contributed by atoms with Gasteiger partial charge in [-0.2, -0.15) is 0 Å².